The van der Waals surface area contributed by atoms with Gasteiger partial charge in [0.1, 0.15) is 0 Å². The van der Waals surface area contributed by atoms with Gasteiger partial charge in [0.2, 0.25) is 0 Å². The Morgan fingerprint density at radius 3 is 1.38 bits per heavy atom. The van der Waals surface area contributed by atoms with Crippen LogP contribution < -0.4 is 4.90 Å². The van der Waals surface area contributed by atoms with Gasteiger partial charge in [-0.25, -0.2) is 0 Å². The first-order valence-electron chi connectivity index (χ1n) is 24.0. The molecule has 1 spiro atoms. The molecule has 0 saturated carbocycles. The van der Waals surface area contributed by atoms with Crippen LogP contribution in [0.1, 0.15) is 22.3 Å². The molecular weight excluding hydrogens is 833 g/mol. The van der Waals surface area contributed by atoms with Gasteiger partial charge in [-0.3, -0.25) is 0 Å². The molecule has 2 aliphatic carbocycles. The number of hydrogen-bond acceptors (Lipinski definition) is 1. The average molecular weight is 875 g/mol. The summed E-state index contributed by atoms with van der Waals surface area (Å²) in [5, 5.41) is 10.1. The summed E-state index contributed by atoms with van der Waals surface area (Å²) in [6, 6.07) is 94.9. The Kier molecular flexibility index (Phi) is 8.02. The van der Waals surface area contributed by atoms with Gasteiger partial charge in [-0.15, -0.1) is 0 Å². The van der Waals surface area contributed by atoms with Crippen LogP contribution in [0.15, 0.2) is 255 Å². The van der Waals surface area contributed by atoms with Crippen molar-refractivity contribution in [3.8, 4) is 39.1 Å². The lowest BCUT2D eigenvalue weighted by Crippen LogP contribution is -2.26. The Balaban J connectivity index is 0.954. The van der Waals surface area contributed by atoms with Crippen molar-refractivity contribution < 1.29 is 0 Å². The summed E-state index contributed by atoms with van der Waals surface area (Å²) in [4.78, 5) is 2.52. The van der Waals surface area contributed by atoms with Crippen LogP contribution in [0.3, 0.4) is 0 Å². The van der Waals surface area contributed by atoms with Crippen molar-refractivity contribution in [3.05, 3.63) is 277 Å². The third kappa shape index (κ3) is 5.26. The predicted molar refractivity (Wildman–Crippen MR) is 290 cm³/mol. The second-order valence-corrected chi connectivity index (χ2v) is 18.7. The zero-order valence-electron chi connectivity index (χ0n) is 37.6. The first-order chi connectivity index (χ1) is 34.3. The average Bonchev–Trinajstić information content (AvgIpc) is 4.04. The Labute approximate surface area is 400 Å². The highest BCUT2D eigenvalue weighted by atomic mass is 15.1. The van der Waals surface area contributed by atoms with Crippen molar-refractivity contribution in [1.82, 2.24) is 4.57 Å². The maximum absolute atomic E-state index is 2.52. The standard InChI is InChI=1S/C67H42N2/c1-2-21-50-48(19-1)49-20-3-4-22-51(49)58-42-47(39-40-52(50)58)68(45-37-35-43(36-38-45)44-17-15-18-46(41-44)69-63-32-13-8-25-55(63)56-26-9-14-33-64(56)69)65-34-16-31-62-66(65)57-27-7-12-30-61(57)67(62)59-28-10-5-23-53(59)54-24-6-11-29-60(54)67/h1-42H. The SMILES string of the molecule is c1cc(-c2ccc(N(c3ccc4c5ccccc5c5ccccc5c4c3)c3cccc4c3-c3ccccc3C43c4ccccc4-c4ccccc43)cc2)cc(-n2c3ccccc3c3ccccc32)c1. The van der Waals surface area contributed by atoms with E-state index in [0.29, 0.717) is 0 Å². The molecule has 0 saturated heterocycles. The normalized spacial score (nSPS) is 13.0. The fraction of sp³-hybridized carbons (Fsp3) is 0.0149. The van der Waals surface area contributed by atoms with E-state index in [2.05, 4.69) is 264 Å². The maximum atomic E-state index is 2.52. The minimum Gasteiger partial charge on any atom is -0.310 e. The third-order valence-electron chi connectivity index (χ3n) is 15.4. The summed E-state index contributed by atoms with van der Waals surface area (Å²) >= 11 is 0. The number of fused-ring (bicyclic) bond motifs is 19. The molecule has 0 radical (unpaired) electrons. The van der Waals surface area contributed by atoms with E-state index in [-0.39, 0.29) is 0 Å². The van der Waals surface area contributed by atoms with Gasteiger partial charge in [0.05, 0.1) is 22.1 Å². The summed E-state index contributed by atoms with van der Waals surface area (Å²) in [5.41, 5.74) is 19.3. The van der Waals surface area contributed by atoms with Crippen LogP contribution in [0.4, 0.5) is 17.1 Å². The molecule has 13 aromatic rings. The number of benzene rings is 12. The minimum absolute atomic E-state index is 0.454. The van der Waals surface area contributed by atoms with E-state index in [0.717, 1.165) is 22.7 Å². The number of para-hydroxylation sites is 2. The molecular formula is C67H42N2. The number of rotatable bonds is 5. The largest absolute Gasteiger partial charge is 0.310 e. The maximum Gasteiger partial charge on any atom is 0.0726 e. The molecule has 12 aromatic carbocycles. The van der Waals surface area contributed by atoms with E-state index in [4.69, 9.17) is 0 Å². The van der Waals surface area contributed by atoms with Crippen LogP contribution in [0.25, 0.3) is 93.2 Å². The zero-order chi connectivity index (χ0) is 45.2. The van der Waals surface area contributed by atoms with Crippen LogP contribution >= 0.6 is 0 Å². The van der Waals surface area contributed by atoms with Gasteiger partial charge in [-0.2, -0.15) is 0 Å². The summed E-state index contributed by atoms with van der Waals surface area (Å²) in [7, 11) is 0. The van der Waals surface area contributed by atoms with Crippen molar-refractivity contribution in [2.24, 2.45) is 0 Å². The molecule has 0 fully saturated rings. The number of aromatic nitrogens is 1. The zero-order valence-corrected chi connectivity index (χ0v) is 37.6. The Bertz CT molecular complexity index is 4130. The first kappa shape index (κ1) is 38.2. The monoisotopic (exact) mass is 874 g/mol. The fourth-order valence-corrected chi connectivity index (χ4v) is 12.6. The second kappa shape index (κ2) is 14.5. The summed E-state index contributed by atoms with van der Waals surface area (Å²) in [5.74, 6) is 0. The van der Waals surface area contributed by atoms with Crippen molar-refractivity contribution in [1.29, 1.82) is 0 Å². The molecule has 69 heavy (non-hydrogen) atoms. The van der Waals surface area contributed by atoms with Gasteiger partial charge in [-0.05, 0) is 137 Å². The molecule has 15 rings (SSSR count). The number of hydrogen-bond donors (Lipinski definition) is 0. The number of anilines is 3. The lowest BCUT2D eigenvalue weighted by atomic mass is 9.70. The summed E-state index contributed by atoms with van der Waals surface area (Å²) < 4.78 is 2.40. The highest BCUT2D eigenvalue weighted by Gasteiger charge is 2.52. The molecule has 0 N–H and O–H groups in total. The minimum atomic E-state index is -0.454. The Hall–Kier alpha value is -8.98. The van der Waals surface area contributed by atoms with E-state index in [1.807, 2.05) is 0 Å². The third-order valence-corrected chi connectivity index (χ3v) is 15.4. The van der Waals surface area contributed by atoms with Gasteiger partial charge in [0, 0.05) is 33.4 Å². The highest BCUT2D eigenvalue weighted by molar-refractivity contribution is 6.26. The van der Waals surface area contributed by atoms with E-state index < -0.39 is 5.41 Å². The molecule has 2 aliphatic rings. The van der Waals surface area contributed by atoms with Crippen LogP contribution in [-0.2, 0) is 5.41 Å². The lowest BCUT2D eigenvalue weighted by molar-refractivity contribution is 0.794. The molecule has 0 amide bonds. The van der Waals surface area contributed by atoms with Gasteiger partial charge < -0.3 is 9.47 Å². The van der Waals surface area contributed by atoms with E-state index >= 15 is 0 Å². The molecule has 0 atom stereocenters. The van der Waals surface area contributed by atoms with Gasteiger partial charge in [0.25, 0.3) is 0 Å². The van der Waals surface area contributed by atoms with Crippen molar-refractivity contribution >= 4 is 71.2 Å². The predicted octanol–water partition coefficient (Wildman–Crippen LogP) is 17.7. The Morgan fingerprint density at radius 1 is 0.290 bits per heavy atom. The molecule has 0 unspecified atom stereocenters. The van der Waals surface area contributed by atoms with Crippen LogP contribution in [0.5, 0.6) is 0 Å². The van der Waals surface area contributed by atoms with Crippen molar-refractivity contribution in [2.75, 3.05) is 4.90 Å². The topological polar surface area (TPSA) is 8.17 Å². The molecule has 1 heterocycles. The molecule has 320 valence electrons. The first-order valence-corrected chi connectivity index (χ1v) is 24.0. The van der Waals surface area contributed by atoms with E-state index in [9.17, 15) is 0 Å². The van der Waals surface area contributed by atoms with E-state index in [1.165, 1.54) is 110 Å². The summed E-state index contributed by atoms with van der Waals surface area (Å²) in [6.07, 6.45) is 0. The van der Waals surface area contributed by atoms with Crippen molar-refractivity contribution in [3.63, 3.8) is 0 Å². The van der Waals surface area contributed by atoms with Crippen molar-refractivity contribution in [2.45, 2.75) is 5.41 Å². The van der Waals surface area contributed by atoms with Crippen LogP contribution in [0, 0.1) is 0 Å². The quantitative estimate of drug-likeness (QED) is 0.156. The van der Waals surface area contributed by atoms with Gasteiger partial charge in [-0.1, -0.05) is 200 Å². The fourth-order valence-electron chi connectivity index (χ4n) is 12.6. The smallest absolute Gasteiger partial charge is 0.0726 e. The van der Waals surface area contributed by atoms with E-state index in [1.54, 1.807) is 0 Å². The lowest BCUT2D eigenvalue weighted by Gasteiger charge is -2.32. The van der Waals surface area contributed by atoms with Gasteiger partial charge >= 0.3 is 0 Å². The number of nitrogens with zero attached hydrogens (tertiary/aromatic N) is 2. The molecule has 1 aromatic heterocycles. The highest BCUT2D eigenvalue weighted by Crippen LogP contribution is 2.64. The Morgan fingerprint density at radius 2 is 0.754 bits per heavy atom. The summed E-state index contributed by atoms with van der Waals surface area (Å²) in [6.45, 7) is 0. The van der Waals surface area contributed by atoms with Crippen LogP contribution in [0.2, 0.25) is 0 Å². The van der Waals surface area contributed by atoms with Crippen LogP contribution in [-0.4, -0.2) is 4.57 Å². The molecule has 0 aliphatic heterocycles. The molecule has 2 heteroatoms. The second-order valence-electron chi connectivity index (χ2n) is 18.7. The van der Waals surface area contributed by atoms with Gasteiger partial charge in [0.15, 0.2) is 0 Å². The molecule has 0 bridgehead atoms. The molecule has 2 nitrogen and oxygen atoms in total.